The van der Waals surface area contributed by atoms with Gasteiger partial charge in [0.15, 0.2) is 0 Å². The summed E-state index contributed by atoms with van der Waals surface area (Å²) in [5.41, 5.74) is 9.31. The number of aliphatic imine (C=N–C) groups is 1. The number of nitrogens with two attached hydrogens (primary N) is 1. The van der Waals surface area contributed by atoms with E-state index in [2.05, 4.69) is 21.8 Å². The lowest BCUT2D eigenvalue weighted by atomic mass is 9.90. The van der Waals surface area contributed by atoms with Crippen LogP contribution in [0.2, 0.25) is 0 Å². The molecule has 3 heterocycles. The van der Waals surface area contributed by atoms with Crippen LogP contribution >= 0.6 is 0 Å². The number of ether oxygens (including phenoxy) is 2. The molecule has 0 aliphatic carbocycles. The van der Waals surface area contributed by atoms with Crippen molar-refractivity contribution in [3.05, 3.63) is 29.6 Å². The molecule has 2 N–H and O–H groups in total. The van der Waals surface area contributed by atoms with Crippen molar-refractivity contribution in [3.8, 4) is 5.88 Å². The Balaban J connectivity index is 1.84. The monoisotopic (exact) mass is 330 g/mol. The summed E-state index contributed by atoms with van der Waals surface area (Å²) >= 11 is 0. The molecule has 24 heavy (non-hydrogen) atoms. The molecule has 2 aliphatic rings. The van der Waals surface area contributed by atoms with Crippen LogP contribution < -0.4 is 10.5 Å². The van der Waals surface area contributed by atoms with Gasteiger partial charge in [-0.05, 0) is 38.0 Å². The van der Waals surface area contributed by atoms with Gasteiger partial charge in [0, 0.05) is 43.2 Å². The van der Waals surface area contributed by atoms with Crippen molar-refractivity contribution in [3.63, 3.8) is 0 Å². The van der Waals surface area contributed by atoms with E-state index in [0.717, 1.165) is 23.4 Å². The van der Waals surface area contributed by atoms with Gasteiger partial charge in [0.1, 0.15) is 5.66 Å². The minimum Gasteiger partial charge on any atom is -0.478 e. The van der Waals surface area contributed by atoms with Crippen LogP contribution in [0.15, 0.2) is 29.0 Å². The molecule has 0 saturated carbocycles. The maximum atomic E-state index is 6.73. The summed E-state index contributed by atoms with van der Waals surface area (Å²) < 4.78 is 11.0. The zero-order valence-corrected chi connectivity index (χ0v) is 14.7. The van der Waals surface area contributed by atoms with Crippen molar-refractivity contribution in [2.45, 2.75) is 38.9 Å². The maximum Gasteiger partial charge on any atom is 0.213 e. The largest absolute Gasteiger partial charge is 0.478 e. The molecule has 2 aliphatic heterocycles. The third kappa shape index (κ3) is 3.36. The zero-order chi connectivity index (χ0) is 17.2. The molecule has 6 nitrogen and oxygen atoms in total. The normalized spacial score (nSPS) is 28.2. The summed E-state index contributed by atoms with van der Waals surface area (Å²) in [5.74, 6) is 0.639. The fourth-order valence-electron chi connectivity index (χ4n) is 3.37. The molecule has 6 heteroatoms. The zero-order valence-electron chi connectivity index (χ0n) is 14.7. The number of hydrogen-bond acceptors (Lipinski definition) is 6. The maximum absolute atomic E-state index is 6.73. The Hall–Kier alpha value is -1.76. The van der Waals surface area contributed by atoms with Gasteiger partial charge in [0.25, 0.3) is 0 Å². The van der Waals surface area contributed by atoms with Crippen LogP contribution in [0.1, 0.15) is 32.8 Å². The Bertz CT molecular complexity index is 641. The summed E-state index contributed by atoms with van der Waals surface area (Å²) in [6.07, 6.45) is 4.44. The van der Waals surface area contributed by atoms with Gasteiger partial charge in [0.2, 0.25) is 5.88 Å². The smallest absolute Gasteiger partial charge is 0.213 e. The standard InChI is InChI=1S/C18H26N4O2/c1-4-24-17-6-5-15(10-20-17)16-9-18(19,12-21-14(16)3)22-7-8-23-11-13(22)2/h5-6,10,12-13H,4,7-9,11,19H2,1-3H3/t13?,18-/m0/s1. The molecule has 0 amide bonds. The number of aromatic nitrogens is 1. The highest BCUT2D eigenvalue weighted by Crippen LogP contribution is 2.33. The molecule has 0 aromatic carbocycles. The lowest BCUT2D eigenvalue weighted by Crippen LogP contribution is -2.64. The predicted molar refractivity (Wildman–Crippen MR) is 95.0 cm³/mol. The van der Waals surface area contributed by atoms with Crippen molar-refractivity contribution < 1.29 is 9.47 Å². The topological polar surface area (TPSA) is 73.0 Å². The van der Waals surface area contributed by atoms with E-state index in [4.69, 9.17) is 15.2 Å². The molecule has 1 fully saturated rings. The van der Waals surface area contributed by atoms with Crippen molar-refractivity contribution in [1.29, 1.82) is 0 Å². The summed E-state index contributed by atoms with van der Waals surface area (Å²) in [6, 6.07) is 4.20. The second kappa shape index (κ2) is 7.01. The van der Waals surface area contributed by atoms with Gasteiger partial charge in [-0.2, -0.15) is 0 Å². The molecule has 1 unspecified atom stereocenters. The van der Waals surface area contributed by atoms with Crippen molar-refractivity contribution >= 4 is 11.8 Å². The molecule has 2 atom stereocenters. The Labute approximate surface area is 143 Å². The molecular weight excluding hydrogens is 304 g/mol. The predicted octanol–water partition coefficient (Wildman–Crippen LogP) is 2.06. The first kappa shape index (κ1) is 17.1. The number of allylic oxidation sites excluding steroid dienone is 1. The first-order chi connectivity index (χ1) is 11.5. The van der Waals surface area contributed by atoms with Gasteiger partial charge in [-0.15, -0.1) is 0 Å². The first-order valence-electron chi connectivity index (χ1n) is 8.51. The van der Waals surface area contributed by atoms with E-state index < -0.39 is 5.66 Å². The summed E-state index contributed by atoms with van der Waals surface area (Å²) in [7, 11) is 0. The minimum atomic E-state index is -0.587. The van der Waals surface area contributed by atoms with Gasteiger partial charge in [-0.1, -0.05) is 0 Å². The summed E-state index contributed by atoms with van der Waals surface area (Å²) in [5, 5.41) is 0. The van der Waals surface area contributed by atoms with Crippen LogP contribution in [0.3, 0.4) is 0 Å². The van der Waals surface area contributed by atoms with Gasteiger partial charge in [0.05, 0.1) is 19.8 Å². The summed E-state index contributed by atoms with van der Waals surface area (Å²) in [4.78, 5) is 11.3. The second-order valence-corrected chi connectivity index (χ2v) is 6.43. The fraction of sp³-hybridized carbons (Fsp3) is 0.556. The van der Waals surface area contributed by atoms with Crippen LogP contribution in [0, 0.1) is 0 Å². The Morgan fingerprint density at radius 3 is 2.96 bits per heavy atom. The van der Waals surface area contributed by atoms with E-state index in [1.165, 1.54) is 0 Å². The van der Waals surface area contributed by atoms with Crippen LogP contribution in [-0.4, -0.2) is 54.2 Å². The number of nitrogens with zero attached hydrogens (tertiary/aromatic N) is 3. The molecule has 3 rings (SSSR count). The van der Waals surface area contributed by atoms with Crippen molar-refractivity contribution in [2.75, 3.05) is 26.4 Å². The minimum absolute atomic E-state index is 0.272. The Kier molecular flexibility index (Phi) is 4.99. The van der Waals surface area contributed by atoms with Gasteiger partial charge in [-0.25, -0.2) is 4.98 Å². The van der Waals surface area contributed by atoms with Crippen LogP contribution in [0.4, 0.5) is 0 Å². The van der Waals surface area contributed by atoms with Crippen molar-refractivity contribution in [2.24, 2.45) is 10.7 Å². The molecule has 1 aromatic rings. The Morgan fingerprint density at radius 1 is 1.46 bits per heavy atom. The quantitative estimate of drug-likeness (QED) is 0.915. The van der Waals surface area contributed by atoms with E-state index in [9.17, 15) is 0 Å². The highest BCUT2D eigenvalue weighted by atomic mass is 16.5. The molecular formula is C18H26N4O2. The third-order valence-corrected chi connectivity index (χ3v) is 4.66. The third-order valence-electron chi connectivity index (χ3n) is 4.66. The fourth-order valence-corrected chi connectivity index (χ4v) is 3.37. The van der Waals surface area contributed by atoms with E-state index in [-0.39, 0.29) is 6.04 Å². The SMILES string of the molecule is CCOc1ccc(C2=C(C)N=C[C@@](N)(N3CCOCC3C)C2)cn1. The van der Waals surface area contributed by atoms with E-state index >= 15 is 0 Å². The second-order valence-electron chi connectivity index (χ2n) is 6.43. The summed E-state index contributed by atoms with van der Waals surface area (Å²) in [6.45, 7) is 8.95. The first-order valence-corrected chi connectivity index (χ1v) is 8.51. The van der Waals surface area contributed by atoms with Crippen molar-refractivity contribution in [1.82, 2.24) is 9.88 Å². The average molecular weight is 330 g/mol. The number of pyridine rings is 1. The molecule has 130 valence electrons. The Morgan fingerprint density at radius 2 is 2.29 bits per heavy atom. The van der Waals surface area contributed by atoms with Crippen LogP contribution in [0.25, 0.3) is 5.57 Å². The average Bonchev–Trinajstić information content (AvgIpc) is 2.59. The molecule has 1 saturated heterocycles. The van der Waals surface area contributed by atoms with E-state index in [0.29, 0.717) is 32.1 Å². The number of rotatable bonds is 4. The van der Waals surface area contributed by atoms with Gasteiger partial charge >= 0.3 is 0 Å². The van der Waals surface area contributed by atoms with Gasteiger partial charge < -0.3 is 15.2 Å². The molecule has 0 radical (unpaired) electrons. The number of morpholine rings is 1. The van der Waals surface area contributed by atoms with Gasteiger partial charge in [-0.3, -0.25) is 9.89 Å². The van der Waals surface area contributed by atoms with Crippen LogP contribution in [0.5, 0.6) is 5.88 Å². The lowest BCUT2D eigenvalue weighted by molar-refractivity contribution is -0.0341. The van der Waals surface area contributed by atoms with E-state index in [1.807, 2.05) is 38.4 Å². The van der Waals surface area contributed by atoms with E-state index in [1.54, 1.807) is 0 Å². The number of hydrogen-bond donors (Lipinski definition) is 1. The molecule has 1 aromatic heterocycles. The highest BCUT2D eigenvalue weighted by Gasteiger charge is 2.39. The van der Waals surface area contributed by atoms with Crippen LogP contribution in [-0.2, 0) is 4.74 Å². The highest BCUT2D eigenvalue weighted by molar-refractivity contribution is 5.82. The molecule has 0 bridgehead atoms. The molecule has 0 spiro atoms. The lowest BCUT2D eigenvalue weighted by Gasteiger charge is -2.46.